The van der Waals surface area contributed by atoms with Crippen LogP contribution in [0.25, 0.3) is 22.1 Å². The van der Waals surface area contributed by atoms with Gasteiger partial charge in [-0.25, -0.2) is 4.98 Å². The molecule has 7 nitrogen and oxygen atoms in total. The Morgan fingerprint density at radius 1 is 0.880 bits per heavy atom. The Morgan fingerprint density at radius 2 is 1.66 bits per heavy atom. The second-order valence-corrected chi connectivity index (χ2v) is 15.8. The van der Waals surface area contributed by atoms with E-state index >= 15 is 0 Å². The number of unbranched alkanes of at least 4 members (excludes halogenated alkanes) is 2. The number of carbonyl (C=O) groups is 1. The standard InChI is InChI=1S/C42H55N5O2S/c1-8-41(4,5)32-21-23-36(34(28-32)42(6,7)9-2)49-25-15-14-24-43-37(48)19-13-16-26-50-40-44-39-38(45-46-40)33-27-30(3)20-22-35(33)47(39)29-31-17-11-10-12-18-31/h10-12,17-18,20-23,27-28H,8-9,13-16,19,24-26,29H2,1-7H3,(H,43,48). The van der Waals surface area contributed by atoms with Crippen LogP contribution in [0.4, 0.5) is 0 Å². The van der Waals surface area contributed by atoms with Crippen molar-refractivity contribution in [3.05, 3.63) is 89.0 Å². The number of hydrogen-bond acceptors (Lipinski definition) is 6. The Bertz CT molecular complexity index is 1880. The molecule has 0 spiro atoms. The second-order valence-electron chi connectivity index (χ2n) is 14.8. The summed E-state index contributed by atoms with van der Waals surface area (Å²) in [5.74, 6) is 1.93. The number of benzene rings is 3. The van der Waals surface area contributed by atoms with Gasteiger partial charge in [-0.05, 0) is 85.6 Å². The molecule has 0 fully saturated rings. The van der Waals surface area contributed by atoms with Crippen LogP contribution in [0.15, 0.2) is 71.9 Å². The van der Waals surface area contributed by atoms with Crippen molar-refractivity contribution in [2.24, 2.45) is 0 Å². The van der Waals surface area contributed by atoms with Crippen molar-refractivity contribution in [1.29, 1.82) is 0 Å². The van der Waals surface area contributed by atoms with Gasteiger partial charge in [0.05, 0.1) is 12.1 Å². The highest BCUT2D eigenvalue weighted by molar-refractivity contribution is 7.99. The molecule has 0 radical (unpaired) electrons. The summed E-state index contributed by atoms with van der Waals surface area (Å²) >= 11 is 1.60. The lowest BCUT2D eigenvalue weighted by Gasteiger charge is -2.30. The van der Waals surface area contributed by atoms with Crippen LogP contribution in [0.2, 0.25) is 0 Å². The predicted molar refractivity (Wildman–Crippen MR) is 208 cm³/mol. The van der Waals surface area contributed by atoms with Crippen LogP contribution in [0.5, 0.6) is 5.75 Å². The van der Waals surface area contributed by atoms with Crippen molar-refractivity contribution in [3.8, 4) is 5.75 Å². The maximum atomic E-state index is 12.5. The van der Waals surface area contributed by atoms with Gasteiger partial charge in [0.1, 0.15) is 11.3 Å². The fraction of sp³-hybridized carbons (Fsp3) is 0.476. The summed E-state index contributed by atoms with van der Waals surface area (Å²) in [6, 6.07) is 23.6. The number of ether oxygens (including phenoxy) is 1. The summed E-state index contributed by atoms with van der Waals surface area (Å²) < 4.78 is 8.55. The molecule has 0 saturated heterocycles. The van der Waals surface area contributed by atoms with Crippen LogP contribution in [0, 0.1) is 6.92 Å². The van der Waals surface area contributed by atoms with Gasteiger partial charge in [-0.15, -0.1) is 10.2 Å². The molecular formula is C42H55N5O2S. The predicted octanol–water partition coefficient (Wildman–Crippen LogP) is 9.95. The first-order valence-electron chi connectivity index (χ1n) is 18.4. The number of hydrogen-bond donors (Lipinski definition) is 1. The van der Waals surface area contributed by atoms with Gasteiger partial charge in [-0.3, -0.25) is 4.79 Å². The monoisotopic (exact) mass is 693 g/mol. The molecule has 1 amide bonds. The summed E-state index contributed by atoms with van der Waals surface area (Å²) in [4.78, 5) is 17.5. The lowest BCUT2D eigenvalue weighted by molar-refractivity contribution is -0.121. The Morgan fingerprint density at radius 3 is 2.42 bits per heavy atom. The molecule has 5 rings (SSSR count). The van der Waals surface area contributed by atoms with Crippen molar-refractivity contribution < 1.29 is 9.53 Å². The van der Waals surface area contributed by atoms with Gasteiger partial charge in [0.2, 0.25) is 11.1 Å². The number of nitrogens with zero attached hydrogens (tertiary/aromatic N) is 4. The zero-order valence-electron chi connectivity index (χ0n) is 31.1. The number of nitrogens with one attached hydrogen (secondary N) is 1. The minimum atomic E-state index is 0.0439. The van der Waals surface area contributed by atoms with E-state index in [9.17, 15) is 4.79 Å². The molecule has 0 aliphatic heterocycles. The van der Waals surface area contributed by atoms with Crippen molar-refractivity contribution in [2.75, 3.05) is 18.9 Å². The first-order chi connectivity index (χ1) is 24.0. The average molecular weight is 694 g/mol. The zero-order valence-corrected chi connectivity index (χ0v) is 32.0. The molecule has 1 N–H and O–H groups in total. The Balaban J connectivity index is 1.04. The molecule has 0 saturated carbocycles. The highest BCUT2D eigenvalue weighted by atomic mass is 32.2. The largest absolute Gasteiger partial charge is 0.493 e. The van der Waals surface area contributed by atoms with Gasteiger partial charge in [0.25, 0.3) is 0 Å². The Labute approximate surface area is 303 Å². The molecule has 2 heterocycles. The number of aromatic nitrogens is 4. The number of rotatable bonds is 18. The van der Waals surface area contributed by atoms with Crippen LogP contribution in [-0.2, 0) is 22.2 Å². The normalized spacial score (nSPS) is 12.1. The van der Waals surface area contributed by atoms with Gasteiger partial charge in [-0.1, -0.05) is 107 Å². The van der Waals surface area contributed by atoms with Crippen molar-refractivity contribution in [1.82, 2.24) is 25.1 Å². The third kappa shape index (κ3) is 9.25. The summed E-state index contributed by atoms with van der Waals surface area (Å²) in [5.41, 5.74) is 8.05. The first kappa shape index (κ1) is 37.3. The van der Waals surface area contributed by atoms with Crippen LogP contribution in [0.1, 0.15) is 109 Å². The van der Waals surface area contributed by atoms with Gasteiger partial charge in [0.15, 0.2) is 5.65 Å². The Kier molecular flexibility index (Phi) is 12.6. The van der Waals surface area contributed by atoms with E-state index in [1.54, 1.807) is 11.8 Å². The van der Waals surface area contributed by atoms with Crippen LogP contribution in [0.3, 0.4) is 0 Å². The summed E-state index contributed by atoms with van der Waals surface area (Å²) in [7, 11) is 0. The molecular weight excluding hydrogens is 639 g/mol. The van der Waals surface area contributed by atoms with Crippen molar-refractivity contribution in [3.63, 3.8) is 0 Å². The molecule has 8 heteroatoms. The van der Waals surface area contributed by atoms with Gasteiger partial charge in [0, 0.05) is 36.2 Å². The SMILES string of the molecule is CCC(C)(C)c1ccc(OCCCCNC(=O)CCCCSc2nnc3c4cc(C)ccc4n(Cc4ccccc4)c3n2)c(C(C)(C)CC)c1. The van der Waals surface area contributed by atoms with Crippen LogP contribution >= 0.6 is 11.8 Å². The second kappa shape index (κ2) is 16.9. The zero-order chi connectivity index (χ0) is 35.7. The highest BCUT2D eigenvalue weighted by Crippen LogP contribution is 2.38. The van der Waals surface area contributed by atoms with Crippen molar-refractivity contribution >= 4 is 39.7 Å². The molecule has 50 heavy (non-hydrogen) atoms. The molecule has 0 aliphatic carbocycles. The molecule has 5 aromatic rings. The van der Waals surface area contributed by atoms with Gasteiger partial charge < -0.3 is 14.6 Å². The summed E-state index contributed by atoms with van der Waals surface area (Å²) in [5, 5.41) is 13.9. The topological polar surface area (TPSA) is 81.9 Å². The third-order valence-electron chi connectivity index (χ3n) is 10.2. The number of amides is 1. The maximum absolute atomic E-state index is 12.5. The minimum absolute atomic E-state index is 0.0439. The van der Waals surface area contributed by atoms with E-state index in [1.165, 1.54) is 22.3 Å². The molecule has 0 aliphatic rings. The molecule has 2 aromatic heterocycles. The van der Waals surface area contributed by atoms with E-state index in [2.05, 4.69) is 129 Å². The van der Waals surface area contributed by atoms with Crippen LogP contribution in [-0.4, -0.2) is 44.6 Å². The average Bonchev–Trinajstić information content (AvgIpc) is 3.41. The van der Waals surface area contributed by atoms with E-state index in [4.69, 9.17) is 9.72 Å². The number of carbonyl (C=O) groups excluding carboxylic acids is 1. The van der Waals surface area contributed by atoms with Crippen LogP contribution < -0.4 is 10.1 Å². The minimum Gasteiger partial charge on any atom is -0.493 e. The molecule has 3 aromatic carbocycles. The van der Waals surface area contributed by atoms with E-state index in [-0.39, 0.29) is 16.7 Å². The lowest BCUT2D eigenvalue weighted by Crippen LogP contribution is -2.24. The fourth-order valence-corrected chi connectivity index (χ4v) is 6.90. The lowest BCUT2D eigenvalue weighted by atomic mass is 9.76. The number of fused-ring (bicyclic) bond motifs is 3. The molecule has 0 atom stereocenters. The van der Waals surface area contributed by atoms with E-state index in [0.717, 1.165) is 78.6 Å². The highest BCUT2D eigenvalue weighted by Gasteiger charge is 2.26. The van der Waals surface area contributed by atoms with E-state index in [1.807, 2.05) is 6.07 Å². The maximum Gasteiger partial charge on any atom is 0.219 e. The number of aryl methyl sites for hydroxylation is 1. The van der Waals surface area contributed by atoms with E-state index < -0.39 is 0 Å². The van der Waals surface area contributed by atoms with Gasteiger partial charge in [-0.2, -0.15) is 0 Å². The third-order valence-corrected chi connectivity index (χ3v) is 11.1. The smallest absolute Gasteiger partial charge is 0.219 e. The Hall–Kier alpha value is -3.91. The summed E-state index contributed by atoms with van der Waals surface area (Å²) in [6.07, 6.45) is 6.18. The number of thioether (sulfide) groups is 1. The molecule has 0 bridgehead atoms. The van der Waals surface area contributed by atoms with E-state index in [0.29, 0.717) is 24.7 Å². The first-order valence-corrected chi connectivity index (χ1v) is 19.4. The van der Waals surface area contributed by atoms with Gasteiger partial charge >= 0.3 is 0 Å². The quantitative estimate of drug-likeness (QED) is 0.0727. The van der Waals surface area contributed by atoms with Crippen molar-refractivity contribution in [2.45, 2.75) is 116 Å². The molecule has 266 valence electrons. The summed E-state index contributed by atoms with van der Waals surface area (Å²) in [6.45, 7) is 17.8. The molecule has 0 unspecified atom stereocenters. The fourth-order valence-electron chi connectivity index (χ4n) is 6.12.